The molecule has 1 atom stereocenters. The minimum Gasteiger partial charge on any atom is -0.478 e. The molecule has 5 rings (SSSR count). The molecule has 0 bridgehead atoms. The first kappa shape index (κ1) is 28.6. The molecule has 10 nitrogen and oxygen atoms in total. The molecule has 208 valence electrons. The molecule has 0 spiro atoms. The number of benzene rings is 2. The summed E-state index contributed by atoms with van der Waals surface area (Å²) in [5, 5.41) is 31.5. The maximum absolute atomic E-state index is 13.3. The van der Waals surface area contributed by atoms with Gasteiger partial charge in [0.1, 0.15) is 5.82 Å². The molecule has 1 aromatic heterocycles. The van der Waals surface area contributed by atoms with Crippen LogP contribution in [0.3, 0.4) is 0 Å². The number of carbonyl (C=O) groups is 3. The van der Waals surface area contributed by atoms with Crippen LogP contribution in [0.4, 0.5) is 10.8 Å². The van der Waals surface area contributed by atoms with Gasteiger partial charge in [0.05, 0.1) is 28.9 Å². The van der Waals surface area contributed by atoms with Crippen LogP contribution in [0.5, 0.6) is 0 Å². The molecule has 1 unspecified atom stereocenters. The number of nitrogens with one attached hydrogen (secondary N) is 1. The van der Waals surface area contributed by atoms with E-state index in [1.165, 1.54) is 23.5 Å². The van der Waals surface area contributed by atoms with Crippen LogP contribution in [0, 0.1) is 11.3 Å². The number of aromatic carboxylic acids is 1. The van der Waals surface area contributed by atoms with Crippen LogP contribution in [0.1, 0.15) is 41.1 Å². The van der Waals surface area contributed by atoms with Gasteiger partial charge in [-0.1, -0.05) is 58.4 Å². The molecule has 41 heavy (non-hydrogen) atoms. The van der Waals surface area contributed by atoms with Crippen LogP contribution < -0.4 is 16.0 Å². The normalized spacial score (nSPS) is 16.9. The number of hydrogen-bond donors (Lipinski definition) is 3. The van der Waals surface area contributed by atoms with Gasteiger partial charge < -0.3 is 16.2 Å². The largest absolute Gasteiger partial charge is 0.478 e. The number of Topliss-reactive ketones (excluding diaryl/α,β-unsaturated/α-hetero) is 1. The number of hydrogen-bond acceptors (Lipinski definition) is 10. The van der Waals surface area contributed by atoms with E-state index in [0.29, 0.717) is 61.3 Å². The number of amides is 1. The highest BCUT2D eigenvalue weighted by molar-refractivity contribution is 8.01. The molecule has 14 heteroatoms. The first-order chi connectivity index (χ1) is 19.7. The third-order valence-electron chi connectivity index (χ3n) is 6.49. The summed E-state index contributed by atoms with van der Waals surface area (Å²) in [5.41, 5.74) is 8.80. The van der Waals surface area contributed by atoms with Crippen molar-refractivity contribution >= 4 is 74.8 Å². The van der Waals surface area contributed by atoms with Gasteiger partial charge in [0.2, 0.25) is 11.0 Å². The Morgan fingerprint density at radius 2 is 2.02 bits per heavy atom. The number of carboxylic acids is 1. The summed E-state index contributed by atoms with van der Waals surface area (Å²) in [6, 6.07) is 13.0. The van der Waals surface area contributed by atoms with Crippen LogP contribution in [-0.2, 0) is 9.59 Å². The second-order valence-electron chi connectivity index (χ2n) is 9.06. The number of nitrogens with two attached hydrogens (primary N) is 1. The molecule has 2 aromatic carbocycles. The molecule has 1 aliphatic heterocycles. The second-order valence-corrected chi connectivity index (χ2v) is 12.1. The lowest BCUT2D eigenvalue weighted by atomic mass is 9.76. The maximum Gasteiger partial charge on any atom is 0.335 e. The summed E-state index contributed by atoms with van der Waals surface area (Å²) in [7, 11) is 0. The molecule has 1 aliphatic carbocycles. The van der Waals surface area contributed by atoms with Gasteiger partial charge >= 0.3 is 5.97 Å². The van der Waals surface area contributed by atoms with Crippen molar-refractivity contribution < 1.29 is 19.5 Å². The number of aromatic nitrogens is 2. The smallest absolute Gasteiger partial charge is 0.335 e. The van der Waals surface area contributed by atoms with E-state index in [0.717, 1.165) is 11.8 Å². The number of carboxylic acid groups (broad SMARTS) is 1. The number of allylic oxidation sites excluding steroid dienone is 3. The van der Waals surface area contributed by atoms with Gasteiger partial charge in [-0.05, 0) is 48.7 Å². The fraction of sp³-hybridized carbons (Fsp3) is 0.185. The quantitative estimate of drug-likeness (QED) is 0.282. The fourth-order valence-electron chi connectivity index (χ4n) is 4.76. The van der Waals surface area contributed by atoms with Crippen LogP contribution in [0.2, 0.25) is 10.0 Å². The number of ketones is 1. The highest BCUT2D eigenvalue weighted by atomic mass is 35.5. The van der Waals surface area contributed by atoms with Crippen molar-refractivity contribution in [1.82, 2.24) is 10.2 Å². The molecule has 0 saturated heterocycles. The SMILES string of the molecule is N#CC1=C(N)N(c2nnc(SCC(=O)Nc3cccc(C(=O)O)c3)s2)C2=C(C(=O)CCC2)C1c1ccc(Cl)cc1Cl. The molecule has 4 N–H and O–H groups in total. The van der Waals surface area contributed by atoms with Gasteiger partial charge in [-0.25, -0.2) is 4.79 Å². The molecule has 3 aromatic rings. The summed E-state index contributed by atoms with van der Waals surface area (Å²) in [5.74, 6) is -2.18. The Bertz CT molecular complexity index is 1700. The lowest BCUT2D eigenvalue weighted by Crippen LogP contribution is -2.38. The van der Waals surface area contributed by atoms with Crippen LogP contribution in [0.15, 0.2) is 69.5 Å². The number of carbonyl (C=O) groups excluding carboxylic acids is 2. The monoisotopic (exact) mass is 626 g/mol. The average Bonchev–Trinajstić information content (AvgIpc) is 3.40. The Labute approximate surface area is 252 Å². The summed E-state index contributed by atoms with van der Waals surface area (Å²) in [6.45, 7) is 0. The van der Waals surface area contributed by atoms with E-state index < -0.39 is 11.9 Å². The molecule has 2 aliphatic rings. The third kappa shape index (κ3) is 5.80. The molecular formula is C27H20Cl2N6O4S2. The summed E-state index contributed by atoms with van der Waals surface area (Å²) in [4.78, 5) is 38.6. The Morgan fingerprint density at radius 1 is 1.22 bits per heavy atom. The van der Waals surface area contributed by atoms with E-state index in [9.17, 15) is 19.6 Å². The predicted molar refractivity (Wildman–Crippen MR) is 157 cm³/mol. The van der Waals surface area contributed by atoms with Crippen molar-refractivity contribution in [1.29, 1.82) is 5.26 Å². The minimum absolute atomic E-state index is 0.00965. The Hall–Kier alpha value is -3.89. The van der Waals surface area contributed by atoms with E-state index in [4.69, 9.17) is 34.0 Å². The number of anilines is 2. The van der Waals surface area contributed by atoms with Crippen LogP contribution in [0.25, 0.3) is 0 Å². The predicted octanol–water partition coefficient (Wildman–Crippen LogP) is 5.58. The van der Waals surface area contributed by atoms with Crippen molar-refractivity contribution in [2.75, 3.05) is 16.0 Å². The van der Waals surface area contributed by atoms with Gasteiger partial charge in [-0.15, -0.1) is 10.2 Å². The van der Waals surface area contributed by atoms with Crippen LogP contribution in [-0.4, -0.2) is 38.7 Å². The first-order valence-electron chi connectivity index (χ1n) is 12.2. The standard InChI is InChI=1S/C27H20Cl2N6O4S2/c28-14-7-8-16(18(29)10-14)22-17(11-30)24(31)35(19-5-2-6-20(36)23(19)22)26-33-34-27(41-26)40-12-21(37)32-15-4-1-3-13(9-15)25(38)39/h1,3-4,7-10,22H,2,5-6,12,31H2,(H,32,37)(H,38,39). The number of thioether (sulfide) groups is 1. The van der Waals surface area contributed by atoms with Gasteiger partial charge in [0.15, 0.2) is 10.1 Å². The lowest BCUT2D eigenvalue weighted by molar-refractivity contribution is -0.116. The summed E-state index contributed by atoms with van der Waals surface area (Å²) < 4.78 is 0.466. The number of halogens is 2. The van der Waals surface area contributed by atoms with Crippen LogP contribution >= 0.6 is 46.3 Å². The Balaban J connectivity index is 1.41. The van der Waals surface area contributed by atoms with Gasteiger partial charge in [0, 0.05) is 33.4 Å². The van der Waals surface area contributed by atoms with Gasteiger partial charge in [-0.3, -0.25) is 14.5 Å². The number of nitrogens with zero attached hydrogens (tertiary/aromatic N) is 4. The van der Waals surface area contributed by atoms with Crippen molar-refractivity contribution in [3.63, 3.8) is 0 Å². The van der Waals surface area contributed by atoms with E-state index >= 15 is 0 Å². The maximum atomic E-state index is 13.3. The van der Waals surface area contributed by atoms with Crippen molar-refractivity contribution in [2.24, 2.45) is 5.73 Å². The molecule has 2 heterocycles. The van der Waals surface area contributed by atoms with Gasteiger partial charge in [-0.2, -0.15) is 5.26 Å². The van der Waals surface area contributed by atoms with Crippen molar-refractivity contribution in [3.8, 4) is 6.07 Å². The highest BCUT2D eigenvalue weighted by Gasteiger charge is 2.42. The first-order valence-corrected chi connectivity index (χ1v) is 14.7. The Kier molecular flexibility index (Phi) is 8.32. The zero-order chi connectivity index (χ0) is 29.3. The lowest BCUT2D eigenvalue weighted by Gasteiger charge is -2.38. The number of nitriles is 1. The second kappa shape index (κ2) is 11.9. The summed E-state index contributed by atoms with van der Waals surface area (Å²) >= 11 is 14.9. The topological polar surface area (TPSA) is 162 Å². The highest BCUT2D eigenvalue weighted by Crippen LogP contribution is 2.48. The zero-order valence-corrected chi connectivity index (χ0v) is 24.2. The average molecular weight is 628 g/mol. The zero-order valence-electron chi connectivity index (χ0n) is 21.1. The minimum atomic E-state index is -1.09. The van der Waals surface area contributed by atoms with Crippen molar-refractivity contribution in [3.05, 3.63) is 86.3 Å². The molecule has 0 saturated carbocycles. The molecule has 1 amide bonds. The molecule has 0 radical (unpaired) electrons. The molecular weight excluding hydrogens is 607 g/mol. The van der Waals surface area contributed by atoms with Gasteiger partial charge in [0.25, 0.3) is 0 Å². The van der Waals surface area contributed by atoms with E-state index in [1.807, 2.05) is 0 Å². The summed E-state index contributed by atoms with van der Waals surface area (Å²) in [6.07, 6.45) is 1.46. The third-order valence-corrected chi connectivity index (χ3v) is 9.10. The van der Waals surface area contributed by atoms with E-state index in [2.05, 4.69) is 21.6 Å². The molecule has 0 fully saturated rings. The van der Waals surface area contributed by atoms with E-state index in [-0.39, 0.29) is 34.4 Å². The number of rotatable bonds is 7. The van der Waals surface area contributed by atoms with Crippen molar-refractivity contribution in [2.45, 2.75) is 29.5 Å². The fourth-order valence-corrected chi connectivity index (χ4v) is 6.96. The van der Waals surface area contributed by atoms with E-state index in [1.54, 1.807) is 35.2 Å². The Morgan fingerprint density at radius 3 is 2.76 bits per heavy atom.